The van der Waals surface area contributed by atoms with Gasteiger partial charge in [0.25, 0.3) is 5.56 Å². The van der Waals surface area contributed by atoms with Crippen LogP contribution in [0.2, 0.25) is 0 Å². The minimum absolute atomic E-state index is 0.150. The molecular weight excluding hydrogens is 304 g/mol. The van der Waals surface area contributed by atoms with Crippen LogP contribution in [0.25, 0.3) is 22.4 Å². The predicted molar refractivity (Wildman–Crippen MR) is 89.4 cm³/mol. The van der Waals surface area contributed by atoms with E-state index in [1.165, 1.54) is 10.7 Å². The molecule has 0 amide bonds. The molecule has 3 aromatic heterocycles. The van der Waals surface area contributed by atoms with E-state index in [-0.39, 0.29) is 5.56 Å². The molecule has 6 nitrogen and oxygen atoms in total. The van der Waals surface area contributed by atoms with Crippen LogP contribution in [-0.2, 0) is 13.0 Å². The average molecular weight is 318 g/mol. The van der Waals surface area contributed by atoms with Crippen molar-refractivity contribution in [1.82, 2.24) is 19.9 Å². The van der Waals surface area contributed by atoms with Gasteiger partial charge in [-0.1, -0.05) is 23.4 Å². The van der Waals surface area contributed by atoms with E-state index in [0.29, 0.717) is 18.7 Å². The third-order valence-corrected chi connectivity index (χ3v) is 3.81. The number of pyridine rings is 1. The highest BCUT2D eigenvalue weighted by Crippen LogP contribution is 2.18. The second-order valence-electron chi connectivity index (χ2n) is 5.37. The lowest BCUT2D eigenvalue weighted by molar-refractivity contribution is 0.440. The molecule has 0 N–H and O–H groups in total. The summed E-state index contributed by atoms with van der Waals surface area (Å²) in [6, 6.07) is 16.5. The van der Waals surface area contributed by atoms with Gasteiger partial charge in [-0.2, -0.15) is 5.10 Å². The van der Waals surface area contributed by atoms with E-state index in [1.807, 2.05) is 42.5 Å². The van der Waals surface area contributed by atoms with Gasteiger partial charge >= 0.3 is 0 Å². The van der Waals surface area contributed by atoms with E-state index >= 15 is 0 Å². The third kappa shape index (κ3) is 2.69. The smallest absolute Gasteiger partial charge is 0.266 e. The largest absolute Gasteiger partial charge is 0.356 e. The Morgan fingerprint density at radius 2 is 1.83 bits per heavy atom. The molecule has 0 bridgehead atoms. The number of benzene rings is 1. The SMILES string of the molecule is O=c1ccc(-c2ccccn2)nn1CCc1noc2ccccc12. The number of rotatable bonds is 4. The lowest BCUT2D eigenvalue weighted by Crippen LogP contribution is -2.23. The van der Waals surface area contributed by atoms with Crippen LogP contribution in [0.1, 0.15) is 5.69 Å². The van der Waals surface area contributed by atoms with Crippen molar-refractivity contribution in [3.8, 4) is 11.4 Å². The second-order valence-corrected chi connectivity index (χ2v) is 5.37. The van der Waals surface area contributed by atoms with Crippen molar-refractivity contribution in [1.29, 1.82) is 0 Å². The first-order valence-electron chi connectivity index (χ1n) is 7.64. The van der Waals surface area contributed by atoms with E-state index < -0.39 is 0 Å². The van der Waals surface area contributed by atoms with Crippen molar-refractivity contribution in [2.45, 2.75) is 13.0 Å². The lowest BCUT2D eigenvalue weighted by Gasteiger charge is -2.05. The van der Waals surface area contributed by atoms with E-state index in [2.05, 4.69) is 15.2 Å². The number of fused-ring (bicyclic) bond motifs is 1. The zero-order valence-electron chi connectivity index (χ0n) is 12.8. The lowest BCUT2D eigenvalue weighted by atomic mass is 10.2. The van der Waals surface area contributed by atoms with Crippen LogP contribution in [0.3, 0.4) is 0 Å². The van der Waals surface area contributed by atoms with Crippen LogP contribution in [-0.4, -0.2) is 19.9 Å². The summed E-state index contributed by atoms with van der Waals surface area (Å²) in [4.78, 5) is 16.3. The molecule has 0 unspecified atom stereocenters. The van der Waals surface area contributed by atoms with Gasteiger partial charge in [-0.25, -0.2) is 4.68 Å². The summed E-state index contributed by atoms with van der Waals surface area (Å²) in [6.45, 7) is 0.427. The normalized spacial score (nSPS) is 11.0. The van der Waals surface area contributed by atoms with Crippen LogP contribution in [0.5, 0.6) is 0 Å². The summed E-state index contributed by atoms with van der Waals surface area (Å²) in [5.74, 6) is 0. The number of hydrogen-bond donors (Lipinski definition) is 0. The first-order valence-corrected chi connectivity index (χ1v) is 7.64. The standard InChI is InChI=1S/C18H14N4O2/c23-18-9-8-16(15-6-3-4-11-19-15)20-22(18)12-10-14-13-5-1-2-7-17(13)24-21-14/h1-9,11H,10,12H2. The Labute approximate surface area is 137 Å². The molecule has 0 saturated carbocycles. The molecule has 0 aliphatic rings. The van der Waals surface area contributed by atoms with Crippen molar-refractivity contribution in [2.24, 2.45) is 0 Å². The summed E-state index contributed by atoms with van der Waals surface area (Å²) in [5, 5.41) is 9.46. The zero-order valence-corrected chi connectivity index (χ0v) is 12.8. The molecule has 0 atom stereocenters. The fourth-order valence-electron chi connectivity index (χ4n) is 2.59. The maximum atomic E-state index is 12.1. The van der Waals surface area contributed by atoms with E-state index in [1.54, 1.807) is 12.3 Å². The van der Waals surface area contributed by atoms with E-state index in [4.69, 9.17) is 4.52 Å². The molecule has 24 heavy (non-hydrogen) atoms. The number of aromatic nitrogens is 4. The van der Waals surface area contributed by atoms with Gasteiger partial charge in [-0.15, -0.1) is 0 Å². The van der Waals surface area contributed by atoms with Crippen molar-refractivity contribution < 1.29 is 4.52 Å². The number of hydrogen-bond acceptors (Lipinski definition) is 5. The zero-order chi connectivity index (χ0) is 16.4. The van der Waals surface area contributed by atoms with Gasteiger partial charge in [0.1, 0.15) is 5.69 Å². The Bertz CT molecular complexity index is 1040. The molecule has 0 fully saturated rings. The van der Waals surface area contributed by atoms with Gasteiger partial charge in [0.15, 0.2) is 5.58 Å². The molecule has 1 aromatic carbocycles. The van der Waals surface area contributed by atoms with Gasteiger partial charge in [0.05, 0.1) is 17.9 Å². The summed E-state index contributed by atoms with van der Waals surface area (Å²) < 4.78 is 6.73. The van der Waals surface area contributed by atoms with Gasteiger partial charge < -0.3 is 4.52 Å². The van der Waals surface area contributed by atoms with Gasteiger partial charge in [0.2, 0.25) is 0 Å². The Morgan fingerprint density at radius 1 is 0.958 bits per heavy atom. The molecular formula is C18H14N4O2. The summed E-state index contributed by atoms with van der Waals surface area (Å²) in [5.41, 5.74) is 2.82. The molecule has 118 valence electrons. The van der Waals surface area contributed by atoms with Crippen LogP contribution >= 0.6 is 0 Å². The van der Waals surface area contributed by atoms with Crippen molar-refractivity contribution in [3.63, 3.8) is 0 Å². The summed E-state index contributed by atoms with van der Waals surface area (Å²) >= 11 is 0. The minimum atomic E-state index is -0.150. The first-order chi connectivity index (χ1) is 11.8. The molecule has 4 aromatic rings. The maximum Gasteiger partial charge on any atom is 0.266 e. The fourth-order valence-corrected chi connectivity index (χ4v) is 2.59. The van der Waals surface area contributed by atoms with Crippen LogP contribution < -0.4 is 5.56 Å². The molecule has 6 heteroatoms. The topological polar surface area (TPSA) is 73.8 Å². The van der Waals surface area contributed by atoms with Crippen LogP contribution in [0.4, 0.5) is 0 Å². The third-order valence-electron chi connectivity index (χ3n) is 3.81. The average Bonchev–Trinajstić information content (AvgIpc) is 3.05. The number of aryl methyl sites for hydroxylation is 2. The molecule has 4 rings (SSSR count). The van der Waals surface area contributed by atoms with Gasteiger partial charge in [0, 0.05) is 24.1 Å². The van der Waals surface area contributed by atoms with Crippen LogP contribution in [0.15, 0.2) is 70.1 Å². The van der Waals surface area contributed by atoms with Crippen molar-refractivity contribution in [2.75, 3.05) is 0 Å². The predicted octanol–water partition coefficient (Wildman–Crippen LogP) is 2.69. The maximum absolute atomic E-state index is 12.1. The molecule has 0 aliphatic heterocycles. The minimum Gasteiger partial charge on any atom is -0.356 e. The van der Waals surface area contributed by atoms with Gasteiger partial charge in [-0.05, 0) is 30.3 Å². The Hall–Kier alpha value is -3.28. The highest BCUT2D eigenvalue weighted by molar-refractivity contribution is 5.79. The summed E-state index contributed by atoms with van der Waals surface area (Å²) in [6.07, 6.45) is 2.27. The fraction of sp³-hybridized carbons (Fsp3) is 0.111. The molecule has 3 heterocycles. The molecule has 0 aliphatic carbocycles. The number of nitrogens with zero attached hydrogens (tertiary/aromatic N) is 4. The quantitative estimate of drug-likeness (QED) is 0.578. The molecule has 0 saturated heterocycles. The second kappa shape index (κ2) is 6.08. The Morgan fingerprint density at radius 3 is 2.71 bits per heavy atom. The molecule has 0 spiro atoms. The summed E-state index contributed by atoms with van der Waals surface area (Å²) in [7, 11) is 0. The highest BCUT2D eigenvalue weighted by Gasteiger charge is 2.09. The number of para-hydroxylation sites is 1. The van der Waals surface area contributed by atoms with Crippen LogP contribution in [0, 0.1) is 0 Å². The molecule has 0 radical (unpaired) electrons. The monoisotopic (exact) mass is 318 g/mol. The van der Waals surface area contributed by atoms with Gasteiger partial charge in [-0.3, -0.25) is 9.78 Å². The first kappa shape index (κ1) is 14.3. The Kier molecular flexibility index (Phi) is 3.63. The van der Waals surface area contributed by atoms with Crippen molar-refractivity contribution >= 4 is 11.0 Å². The van der Waals surface area contributed by atoms with E-state index in [0.717, 1.165) is 22.4 Å². The van der Waals surface area contributed by atoms with Crippen molar-refractivity contribution in [3.05, 3.63) is 76.8 Å². The Balaban J connectivity index is 1.61. The highest BCUT2D eigenvalue weighted by atomic mass is 16.5. The van der Waals surface area contributed by atoms with E-state index in [9.17, 15) is 4.79 Å².